The number of piperazine rings is 1. The van der Waals surface area contributed by atoms with Crippen molar-refractivity contribution in [2.75, 3.05) is 50.1 Å². The standard InChI is InChI=1S/C30H35N5O2/c1-6-33-13-15-34(16-14-33)27-9-12-29(21(2)17-27)32-30(36)25(20-31)19-24-18-22(3)35(23(24)4)26-7-10-28(37-5)11-8-26/h7-12,17-19H,6,13-16H2,1-5H3,(H,32,36)/b25-19-. The quantitative estimate of drug-likeness (QED) is 0.363. The number of methoxy groups -OCH3 is 1. The molecule has 3 aromatic rings. The van der Waals surface area contributed by atoms with Crippen molar-refractivity contribution < 1.29 is 9.53 Å². The topological polar surface area (TPSA) is 73.5 Å². The lowest BCUT2D eigenvalue weighted by Gasteiger charge is -2.35. The van der Waals surface area contributed by atoms with Gasteiger partial charge in [0.2, 0.25) is 0 Å². The van der Waals surface area contributed by atoms with Gasteiger partial charge in [0.05, 0.1) is 7.11 Å². The highest BCUT2D eigenvalue weighted by Gasteiger charge is 2.18. The van der Waals surface area contributed by atoms with Gasteiger partial charge < -0.3 is 24.4 Å². The van der Waals surface area contributed by atoms with Crippen LogP contribution in [0.3, 0.4) is 0 Å². The number of rotatable bonds is 7. The van der Waals surface area contributed by atoms with Crippen LogP contribution in [0.4, 0.5) is 11.4 Å². The Morgan fingerprint density at radius 2 is 1.70 bits per heavy atom. The number of aromatic nitrogens is 1. The molecule has 7 heteroatoms. The predicted molar refractivity (Wildman–Crippen MR) is 150 cm³/mol. The van der Waals surface area contributed by atoms with Gasteiger partial charge in [-0.1, -0.05) is 6.92 Å². The van der Waals surface area contributed by atoms with Gasteiger partial charge in [0.15, 0.2) is 0 Å². The highest BCUT2D eigenvalue weighted by atomic mass is 16.5. The Labute approximate surface area is 219 Å². The SMILES string of the molecule is CCN1CCN(c2ccc(NC(=O)/C(C#N)=C\c3cc(C)n(-c4ccc(OC)cc4)c3C)c(C)c2)CC1. The largest absolute Gasteiger partial charge is 0.497 e. The van der Waals surface area contributed by atoms with Crippen molar-refractivity contribution in [3.63, 3.8) is 0 Å². The molecule has 7 nitrogen and oxygen atoms in total. The minimum atomic E-state index is -0.413. The first-order chi connectivity index (χ1) is 17.8. The molecule has 0 radical (unpaired) electrons. The van der Waals surface area contributed by atoms with Gasteiger partial charge in [-0.05, 0) is 93.0 Å². The van der Waals surface area contributed by atoms with Crippen LogP contribution in [0, 0.1) is 32.1 Å². The Morgan fingerprint density at radius 1 is 1.03 bits per heavy atom. The Hall–Kier alpha value is -4.02. The second kappa shape index (κ2) is 11.4. The number of anilines is 2. The molecule has 192 valence electrons. The molecule has 2 aromatic carbocycles. The van der Waals surface area contributed by atoms with Crippen molar-refractivity contribution in [2.24, 2.45) is 0 Å². The second-order valence-corrected chi connectivity index (χ2v) is 9.40. The van der Waals surface area contributed by atoms with Gasteiger partial charge in [0.1, 0.15) is 17.4 Å². The van der Waals surface area contributed by atoms with Crippen LogP contribution >= 0.6 is 0 Å². The first-order valence-corrected chi connectivity index (χ1v) is 12.7. The molecule has 0 spiro atoms. The first kappa shape index (κ1) is 26.1. The molecule has 4 rings (SSSR count). The molecule has 1 saturated heterocycles. The summed E-state index contributed by atoms with van der Waals surface area (Å²) in [5.74, 6) is 0.376. The van der Waals surface area contributed by atoms with Crippen LogP contribution in [0.25, 0.3) is 11.8 Å². The van der Waals surface area contributed by atoms with Crippen LogP contribution in [0.5, 0.6) is 5.75 Å². The number of likely N-dealkylation sites (N-methyl/N-ethyl adjacent to an activating group) is 1. The van der Waals surface area contributed by atoms with Crippen LogP contribution in [-0.4, -0.2) is 55.2 Å². The van der Waals surface area contributed by atoms with Crippen molar-refractivity contribution in [1.29, 1.82) is 5.26 Å². The summed E-state index contributed by atoms with van der Waals surface area (Å²) in [6.45, 7) is 13.4. The molecule has 0 aliphatic carbocycles. The average molecular weight is 498 g/mol. The molecule has 2 heterocycles. The van der Waals surface area contributed by atoms with E-state index < -0.39 is 5.91 Å². The van der Waals surface area contributed by atoms with Crippen LogP contribution in [0.15, 0.2) is 54.1 Å². The maximum atomic E-state index is 13.1. The summed E-state index contributed by atoms with van der Waals surface area (Å²) in [6.07, 6.45) is 1.66. The Morgan fingerprint density at radius 3 is 2.30 bits per heavy atom. The van der Waals surface area contributed by atoms with Gasteiger partial charge in [-0.3, -0.25) is 4.79 Å². The maximum absolute atomic E-state index is 13.1. The van der Waals surface area contributed by atoms with E-state index in [9.17, 15) is 10.1 Å². The summed E-state index contributed by atoms with van der Waals surface area (Å²) < 4.78 is 7.36. The fourth-order valence-electron chi connectivity index (χ4n) is 4.86. The monoisotopic (exact) mass is 497 g/mol. The molecule has 1 aliphatic rings. The summed E-state index contributed by atoms with van der Waals surface area (Å²) in [5, 5.41) is 12.7. The average Bonchev–Trinajstić information content (AvgIpc) is 3.20. The van der Waals surface area contributed by atoms with Crippen LogP contribution in [0.2, 0.25) is 0 Å². The zero-order valence-corrected chi connectivity index (χ0v) is 22.3. The molecule has 1 amide bonds. The van der Waals surface area contributed by atoms with Gasteiger partial charge in [0.25, 0.3) is 5.91 Å². The minimum Gasteiger partial charge on any atom is -0.497 e. The number of nitrogens with one attached hydrogen (secondary N) is 1. The lowest BCUT2D eigenvalue weighted by atomic mass is 10.1. The van der Waals surface area contributed by atoms with E-state index in [1.54, 1.807) is 13.2 Å². The van der Waals surface area contributed by atoms with Crippen molar-refractivity contribution in [3.8, 4) is 17.5 Å². The van der Waals surface area contributed by atoms with E-state index in [4.69, 9.17) is 4.74 Å². The highest BCUT2D eigenvalue weighted by molar-refractivity contribution is 6.10. The number of nitriles is 1. The predicted octanol–water partition coefficient (Wildman–Crippen LogP) is 5.10. The third-order valence-electron chi connectivity index (χ3n) is 7.11. The number of carbonyl (C=O) groups excluding carboxylic acids is 1. The van der Waals surface area contributed by atoms with E-state index in [1.807, 2.05) is 63.2 Å². The minimum absolute atomic E-state index is 0.0640. The van der Waals surface area contributed by atoms with E-state index >= 15 is 0 Å². The molecule has 0 atom stereocenters. The van der Waals surface area contributed by atoms with E-state index in [2.05, 4.69) is 38.7 Å². The Kier molecular flexibility index (Phi) is 8.00. The molecule has 0 saturated carbocycles. The number of benzene rings is 2. The number of ether oxygens (including phenoxy) is 1. The smallest absolute Gasteiger partial charge is 0.266 e. The first-order valence-electron chi connectivity index (χ1n) is 12.7. The van der Waals surface area contributed by atoms with E-state index in [1.165, 1.54) is 0 Å². The lowest BCUT2D eigenvalue weighted by Crippen LogP contribution is -2.46. The zero-order valence-electron chi connectivity index (χ0n) is 22.3. The summed E-state index contributed by atoms with van der Waals surface area (Å²) in [7, 11) is 1.64. The van der Waals surface area contributed by atoms with Crippen LogP contribution in [0.1, 0.15) is 29.4 Å². The molecule has 0 unspecified atom stereocenters. The summed E-state index contributed by atoms with van der Waals surface area (Å²) in [6, 6.07) is 18.0. The molecule has 1 N–H and O–H groups in total. The Bertz CT molecular complexity index is 1340. The fraction of sp³-hybridized carbons (Fsp3) is 0.333. The van der Waals surface area contributed by atoms with E-state index in [0.29, 0.717) is 5.69 Å². The summed E-state index contributed by atoms with van der Waals surface area (Å²) in [4.78, 5) is 17.9. The third kappa shape index (κ3) is 5.71. The van der Waals surface area contributed by atoms with Crippen molar-refractivity contribution in [2.45, 2.75) is 27.7 Å². The third-order valence-corrected chi connectivity index (χ3v) is 7.11. The second-order valence-electron chi connectivity index (χ2n) is 9.40. The van der Waals surface area contributed by atoms with E-state index in [-0.39, 0.29) is 5.57 Å². The molecule has 1 fully saturated rings. The number of hydrogen-bond donors (Lipinski definition) is 1. The van der Waals surface area contributed by atoms with Crippen molar-refractivity contribution in [3.05, 3.63) is 76.6 Å². The maximum Gasteiger partial charge on any atom is 0.266 e. The van der Waals surface area contributed by atoms with Gasteiger partial charge >= 0.3 is 0 Å². The number of hydrogen-bond acceptors (Lipinski definition) is 5. The summed E-state index contributed by atoms with van der Waals surface area (Å²) in [5.41, 5.74) is 6.69. The number of amides is 1. The number of nitrogens with zero attached hydrogens (tertiary/aromatic N) is 4. The lowest BCUT2D eigenvalue weighted by molar-refractivity contribution is -0.112. The fourth-order valence-corrected chi connectivity index (χ4v) is 4.86. The normalized spacial score (nSPS) is 14.4. The Balaban J connectivity index is 1.51. The number of carbonyl (C=O) groups is 1. The molecular formula is C30H35N5O2. The van der Waals surface area contributed by atoms with E-state index in [0.717, 1.165) is 72.4 Å². The van der Waals surface area contributed by atoms with Crippen molar-refractivity contribution >= 4 is 23.4 Å². The molecule has 37 heavy (non-hydrogen) atoms. The molecular weight excluding hydrogens is 462 g/mol. The highest BCUT2D eigenvalue weighted by Crippen LogP contribution is 2.26. The van der Waals surface area contributed by atoms with Crippen molar-refractivity contribution in [1.82, 2.24) is 9.47 Å². The zero-order chi connectivity index (χ0) is 26.5. The van der Waals surface area contributed by atoms with Gasteiger partial charge in [-0.2, -0.15) is 5.26 Å². The van der Waals surface area contributed by atoms with Crippen LogP contribution in [-0.2, 0) is 4.79 Å². The number of aryl methyl sites for hydroxylation is 2. The van der Waals surface area contributed by atoms with Crippen LogP contribution < -0.4 is 15.0 Å². The van der Waals surface area contributed by atoms with Gasteiger partial charge in [-0.25, -0.2) is 0 Å². The van der Waals surface area contributed by atoms with Gasteiger partial charge in [0, 0.05) is 54.6 Å². The summed E-state index contributed by atoms with van der Waals surface area (Å²) >= 11 is 0. The van der Waals surface area contributed by atoms with Gasteiger partial charge in [-0.15, -0.1) is 0 Å². The molecule has 1 aliphatic heterocycles. The molecule has 1 aromatic heterocycles. The molecule has 0 bridgehead atoms.